The lowest BCUT2D eigenvalue weighted by Crippen LogP contribution is -2.24. The number of anilines is 1. The molecular formula is C24H17N3O2. The summed E-state index contributed by atoms with van der Waals surface area (Å²) in [5, 5.41) is 3.40. The number of ketones is 1. The molecule has 0 saturated carbocycles. The summed E-state index contributed by atoms with van der Waals surface area (Å²) < 4.78 is 0. The molecule has 1 N–H and O–H groups in total. The number of nitrogens with zero attached hydrogens (tertiary/aromatic N) is 2. The molecule has 3 aliphatic rings. The highest BCUT2D eigenvalue weighted by Gasteiger charge is 2.40. The first-order valence-corrected chi connectivity index (χ1v) is 9.70. The average Bonchev–Trinajstić information content (AvgIpc) is 3.39. The third-order valence-corrected chi connectivity index (χ3v) is 5.80. The van der Waals surface area contributed by atoms with Crippen LogP contribution in [-0.4, -0.2) is 35.0 Å². The Balaban J connectivity index is 1.33. The first-order valence-electron chi connectivity index (χ1n) is 9.70. The summed E-state index contributed by atoms with van der Waals surface area (Å²) >= 11 is 0. The number of carbonyl (C=O) groups excluding carboxylic acids is 2. The SMILES string of the molecule is O=C1c2cccc3c2C(=NC3)c2cccc(NC3CN3C(=O)c3ccccc3)c21. The Morgan fingerprint density at radius 3 is 2.59 bits per heavy atom. The van der Waals surface area contributed by atoms with Crippen molar-refractivity contribution in [3.8, 4) is 0 Å². The minimum Gasteiger partial charge on any atom is -0.363 e. The van der Waals surface area contributed by atoms with Gasteiger partial charge in [-0.1, -0.05) is 48.5 Å². The normalized spacial score (nSPS) is 18.1. The highest BCUT2D eigenvalue weighted by Crippen LogP contribution is 2.38. The molecule has 1 aliphatic carbocycles. The van der Waals surface area contributed by atoms with Crippen LogP contribution in [0.2, 0.25) is 0 Å². The number of hydrogen-bond donors (Lipinski definition) is 1. The molecular weight excluding hydrogens is 362 g/mol. The van der Waals surface area contributed by atoms with Crippen LogP contribution in [0.5, 0.6) is 0 Å². The predicted octanol–water partition coefficient (Wildman–Crippen LogP) is 3.48. The van der Waals surface area contributed by atoms with E-state index < -0.39 is 0 Å². The predicted molar refractivity (Wildman–Crippen MR) is 111 cm³/mol. The van der Waals surface area contributed by atoms with E-state index in [0.717, 1.165) is 28.1 Å². The quantitative estimate of drug-likeness (QED) is 0.555. The Morgan fingerprint density at radius 1 is 0.931 bits per heavy atom. The molecule has 2 heterocycles. The van der Waals surface area contributed by atoms with Gasteiger partial charge in [-0.15, -0.1) is 0 Å². The number of benzene rings is 3. The molecule has 1 amide bonds. The molecule has 2 aliphatic heterocycles. The van der Waals surface area contributed by atoms with Crippen molar-refractivity contribution in [2.75, 3.05) is 11.9 Å². The van der Waals surface area contributed by atoms with Crippen molar-refractivity contribution >= 4 is 23.1 Å². The van der Waals surface area contributed by atoms with E-state index in [1.165, 1.54) is 0 Å². The van der Waals surface area contributed by atoms with Crippen molar-refractivity contribution in [1.82, 2.24) is 4.90 Å². The van der Waals surface area contributed by atoms with Gasteiger partial charge in [-0.2, -0.15) is 0 Å². The van der Waals surface area contributed by atoms with E-state index in [9.17, 15) is 9.59 Å². The van der Waals surface area contributed by atoms with Crippen molar-refractivity contribution in [3.63, 3.8) is 0 Å². The van der Waals surface area contributed by atoms with E-state index in [4.69, 9.17) is 4.99 Å². The molecule has 5 nitrogen and oxygen atoms in total. The minimum absolute atomic E-state index is 0.00520. The van der Waals surface area contributed by atoms with Gasteiger partial charge in [0, 0.05) is 27.9 Å². The van der Waals surface area contributed by atoms with Crippen LogP contribution < -0.4 is 5.32 Å². The maximum absolute atomic E-state index is 13.3. The fourth-order valence-corrected chi connectivity index (χ4v) is 4.33. The van der Waals surface area contributed by atoms with Crippen molar-refractivity contribution in [1.29, 1.82) is 0 Å². The Bertz CT molecular complexity index is 1230. The summed E-state index contributed by atoms with van der Waals surface area (Å²) in [6, 6.07) is 20.9. The second-order valence-corrected chi connectivity index (χ2v) is 7.55. The van der Waals surface area contributed by atoms with Crippen LogP contribution in [0.15, 0.2) is 71.7 Å². The smallest absolute Gasteiger partial charge is 0.255 e. The van der Waals surface area contributed by atoms with Gasteiger partial charge in [-0.25, -0.2) is 0 Å². The summed E-state index contributed by atoms with van der Waals surface area (Å²) in [4.78, 5) is 32.4. The first kappa shape index (κ1) is 16.2. The van der Waals surface area contributed by atoms with E-state index in [-0.39, 0.29) is 17.9 Å². The zero-order valence-electron chi connectivity index (χ0n) is 15.6. The molecule has 1 saturated heterocycles. The molecule has 1 atom stereocenters. The standard InChI is InChI=1S/C24H17N3O2/c28-23-17-10-4-8-15-12-25-22(20(15)17)16-9-5-11-18(21(16)23)26-19-13-27(19)24(29)14-6-2-1-3-7-14/h1-11,19,26H,12-13H2. The van der Waals surface area contributed by atoms with Crippen molar-refractivity contribution in [2.45, 2.75) is 12.7 Å². The second kappa shape index (κ2) is 5.88. The molecule has 0 bridgehead atoms. The number of amides is 1. The molecule has 5 heteroatoms. The maximum Gasteiger partial charge on any atom is 0.255 e. The number of fused-ring (bicyclic) bond motifs is 2. The zero-order valence-corrected chi connectivity index (χ0v) is 15.6. The summed E-state index contributed by atoms with van der Waals surface area (Å²) in [6.07, 6.45) is -0.111. The second-order valence-electron chi connectivity index (χ2n) is 7.55. The summed E-state index contributed by atoms with van der Waals surface area (Å²) in [5.74, 6) is 0.0109. The maximum atomic E-state index is 13.3. The monoisotopic (exact) mass is 379 g/mol. The lowest BCUT2D eigenvalue weighted by atomic mass is 9.82. The van der Waals surface area contributed by atoms with Gasteiger partial charge in [0.2, 0.25) is 0 Å². The van der Waals surface area contributed by atoms with E-state index in [2.05, 4.69) is 5.32 Å². The molecule has 3 aromatic carbocycles. The van der Waals surface area contributed by atoms with Crippen LogP contribution in [0.1, 0.15) is 43.0 Å². The highest BCUT2D eigenvalue weighted by atomic mass is 16.2. The molecule has 3 aromatic rings. The molecule has 29 heavy (non-hydrogen) atoms. The van der Waals surface area contributed by atoms with Gasteiger partial charge in [0.25, 0.3) is 5.91 Å². The van der Waals surface area contributed by atoms with E-state index >= 15 is 0 Å². The molecule has 0 aromatic heterocycles. The van der Waals surface area contributed by atoms with Crippen LogP contribution in [0.3, 0.4) is 0 Å². The first-order chi connectivity index (χ1) is 14.2. The molecule has 1 unspecified atom stereocenters. The van der Waals surface area contributed by atoms with Crippen molar-refractivity contribution in [2.24, 2.45) is 4.99 Å². The van der Waals surface area contributed by atoms with Crippen LogP contribution in [0.4, 0.5) is 5.69 Å². The van der Waals surface area contributed by atoms with Crippen LogP contribution in [0, 0.1) is 0 Å². The lowest BCUT2D eigenvalue weighted by molar-refractivity contribution is 0.0877. The number of aliphatic imine (C=N–C) groups is 1. The lowest BCUT2D eigenvalue weighted by Gasteiger charge is -2.22. The fourth-order valence-electron chi connectivity index (χ4n) is 4.33. The summed E-state index contributed by atoms with van der Waals surface area (Å²) in [6.45, 7) is 1.23. The molecule has 140 valence electrons. The Kier molecular flexibility index (Phi) is 3.29. The van der Waals surface area contributed by atoms with Gasteiger partial charge in [0.05, 0.1) is 24.4 Å². The highest BCUT2D eigenvalue weighted by molar-refractivity contribution is 6.32. The fraction of sp³-hybridized carbons (Fsp3) is 0.125. The van der Waals surface area contributed by atoms with Gasteiger partial charge < -0.3 is 10.2 Å². The summed E-state index contributed by atoms with van der Waals surface area (Å²) in [5.41, 5.74) is 6.66. The topological polar surface area (TPSA) is 61.5 Å². The average molecular weight is 379 g/mol. The number of carbonyl (C=O) groups is 2. The third kappa shape index (κ3) is 2.37. The largest absolute Gasteiger partial charge is 0.363 e. The number of nitrogens with one attached hydrogen (secondary N) is 1. The number of hydrogen-bond acceptors (Lipinski definition) is 4. The van der Waals surface area contributed by atoms with Crippen LogP contribution >= 0.6 is 0 Å². The van der Waals surface area contributed by atoms with E-state index in [1.807, 2.05) is 66.7 Å². The molecule has 1 fully saturated rings. The van der Waals surface area contributed by atoms with Crippen LogP contribution in [0.25, 0.3) is 0 Å². The van der Waals surface area contributed by atoms with Crippen molar-refractivity contribution in [3.05, 3.63) is 100 Å². The Labute approximate surface area is 167 Å². The summed E-state index contributed by atoms with van der Waals surface area (Å²) in [7, 11) is 0. The van der Waals surface area contributed by atoms with Gasteiger partial charge in [-0.05, 0) is 23.8 Å². The number of rotatable bonds is 3. The van der Waals surface area contributed by atoms with Gasteiger partial charge in [-0.3, -0.25) is 14.6 Å². The Hall–Kier alpha value is -3.73. The van der Waals surface area contributed by atoms with Gasteiger partial charge >= 0.3 is 0 Å². The zero-order chi connectivity index (χ0) is 19.5. The van der Waals surface area contributed by atoms with Gasteiger partial charge in [0.15, 0.2) is 5.78 Å². The van der Waals surface area contributed by atoms with Gasteiger partial charge in [0.1, 0.15) is 6.17 Å². The third-order valence-electron chi connectivity index (χ3n) is 5.80. The van der Waals surface area contributed by atoms with E-state index in [1.54, 1.807) is 4.90 Å². The molecule has 0 radical (unpaired) electrons. The van der Waals surface area contributed by atoms with Crippen LogP contribution in [-0.2, 0) is 6.54 Å². The van der Waals surface area contributed by atoms with Crippen molar-refractivity contribution < 1.29 is 9.59 Å². The molecule has 6 rings (SSSR count). The molecule has 0 spiro atoms. The minimum atomic E-state index is -0.111. The van der Waals surface area contributed by atoms with E-state index in [0.29, 0.717) is 29.8 Å². The Morgan fingerprint density at radius 2 is 1.72 bits per heavy atom.